The number of hydrogen-bond acceptors (Lipinski definition) is 6. The summed E-state index contributed by atoms with van der Waals surface area (Å²) in [5.41, 5.74) is 0.625. The Morgan fingerprint density at radius 1 is 1.42 bits per heavy atom. The molecule has 31 heavy (non-hydrogen) atoms. The zero-order chi connectivity index (χ0) is 22.3. The molecule has 12 heteroatoms. The average Bonchev–Trinajstić information content (AvgIpc) is 3.25. The maximum atomic E-state index is 12.6. The first kappa shape index (κ1) is 27.9. The average molecular weight is 577 g/mol. The van der Waals surface area contributed by atoms with Crippen molar-refractivity contribution >= 4 is 47.2 Å². The number of hydrogen-bond donors (Lipinski definition) is 2. The largest absolute Gasteiger partial charge is 0.462 e. The predicted molar refractivity (Wildman–Crippen MR) is 126 cm³/mol. The van der Waals surface area contributed by atoms with Crippen LogP contribution >= 0.6 is 35.3 Å². The minimum atomic E-state index is -4.17. The lowest BCUT2D eigenvalue weighted by molar-refractivity contribution is -0.143. The van der Waals surface area contributed by atoms with Crippen molar-refractivity contribution in [3.05, 3.63) is 15.6 Å². The van der Waals surface area contributed by atoms with Gasteiger partial charge in [0.05, 0.1) is 24.9 Å². The van der Waals surface area contributed by atoms with Crippen LogP contribution in [0.3, 0.4) is 0 Å². The van der Waals surface area contributed by atoms with E-state index in [0.717, 1.165) is 5.01 Å². The second kappa shape index (κ2) is 12.8. The molecule has 1 fully saturated rings. The third-order valence-electron chi connectivity index (χ3n) is 4.62. The summed E-state index contributed by atoms with van der Waals surface area (Å²) in [6.07, 6.45) is -3.47. The van der Waals surface area contributed by atoms with E-state index in [2.05, 4.69) is 20.6 Å². The van der Waals surface area contributed by atoms with Crippen LogP contribution in [0, 0.1) is 12.8 Å². The smallest absolute Gasteiger partial charge is 0.401 e. The summed E-state index contributed by atoms with van der Waals surface area (Å²) in [4.78, 5) is 22.9. The van der Waals surface area contributed by atoms with E-state index in [-0.39, 0.29) is 41.9 Å². The van der Waals surface area contributed by atoms with Crippen molar-refractivity contribution in [1.29, 1.82) is 0 Å². The molecule has 1 aliphatic heterocycles. The molecule has 7 nitrogen and oxygen atoms in total. The Morgan fingerprint density at radius 3 is 2.74 bits per heavy atom. The second-order valence-electron chi connectivity index (χ2n) is 7.28. The van der Waals surface area contributed by atoms with E-state index in [0.29, 0.717) is 55.7 Å². The molecule has 0 saturated carbocycles. The van der Waals surface area contributed by atoms with Crippen LogP contribution in [0.15, 0.2) is 4.99 Å². The van der Waals surface area contributed by atoms with Crippen LogP contribution in [0.25, 0.3) is 0 Å². The van der Waals surface area contributed by atoms with Gasteiger partial charge in [-0.1, -0.05) is 0 Å². The minimum absolute atomic E-state index is 0. The highest BCUT2D eigenvalue weighted by molar-refractivity contribution is 14.0. The molecule has 1 aromatic rings. The fourth-order valence-corrected chi connectivity index (χ4v) is 4.22. The number of halogens is 4. The molecular formula is C19H31F3IN5O2S. The molecule has 2 unspecified atom stereocenters. The molecule has 2 rings (SSSR count). The van der Waals surface area contributed by atoms with Gasteiger partial charge >= 0.3 is 12.1 Å². The Morgan fingerprint density at radius 2 is 2.13 bits per heavy atom. The molecule has 2 heterocycles. The van der Waals surface area contributed by atoms with Crippen molar-refractivity contribution in [2.75, 3.05) is 39.3 Å². The standard InChI is InChI=1S/C19H30F3N5O2S.HI/c1-5-23-18(24-9-14-7-8-27(10-14)11-19(20,21)22)26-13(4)16-25-12(3)15(30-16)17(28)29-6-2;/h13-14H,5-11H2,1-4H3,(H2,23,24,26);1H. The summed E-state index contributed by atoms with van der Waals surface area (Å²) < 4.78 is 42.7. The number of rotatable bonds is 8. The quantitative estimate of drug-likeness (QED) is 0.212. The fraction of sp³-hybridized carbons (Fsp3) is 0.737. The summed E-state index contributed by atoms with van der Waals surface area (Å²) in [6, 6.07) is -0.194. The van der Waals surface area contributed by atoms with Crippen LogP contribution < -0.4 is 10.6 Å². The molecule has 0 spiro atoms. The van der Waals surface area contributed by atoms with Gasteiger partial charge in [0, 0.05) is 19.6 Å². The van der Waals surface area contributed by atoms with E-state index in [1.54, 1.807) is 13.8 Å². The molecule has 1 aliphatic rings. The predicted octanol–water partition coefficient (Wildman–Crippen LogP) is 3.75. The van der Waals surface area contributed by atoms with Crippen molar-refractivity contribution < 1.29 is 22.7 Å². The summed E-state index contributed by atoms with van der Waals surface area (Å²) in [5, 5.41) is 7.15. The van der Waals surface area contributed by atoms with Gasteiger partial charge in [-0.05, 0) is 46.6 Å². The molecule has 2 atom stereocenters. The zero-order valence-electron chi connectivity index (χ0n) is 18.2. The summed E-state index contributed by atoms with van der Waals surface area (Å²) in [7, 11) is 0. The molecule has 0 bridgehead atoms. The van der Waals surface area contributed by atoms with E-state index in [1.165, 1.54) is 16.2 Å². The van der Waals surface area contributed by atoms with Crippen molar-refractivity contribution in [3.8, 4) is 0 Å². The molecule has 0 aliphatic carbocycles. The van der Waals surface area contributed by atoms with E-state index in [1.807, 2.05) is 13.8 Å². The van der Waals surface area contributed by atoms with E-state index >= 15 is 0 Å². The topological polar surface area (TPSA) is 78.9 Å². The highest BCUT2D eigenvalue weighted by Gasteiger charge is 2.34. The number of aromatic nitrogens is 1. The van der Waals surface area contributed by atoms with Crippen molar-refractivity contribution in [2.24, 2.45) is 10.9 Å². The Hall–Kier alpha value is -1.15. The molecule has 1 aromatic heterocycles. The Balaban J connectivity index is 0.00000480. The molecule has 0 aromatic carbocycles. The number of carbonyl (C=O) groups is 1. The third kappa shape index (κ3) is 9.08. The summed E-state index contributed by atoms with van der Waals surface area (Å²) in [5.74, 6) is 0.289. The van der Waals surface area contributed by atoms with Crippen LogP contribution in [0.2, 0.25) is 0 Å². The number of nitrogens with one attached hydrogen (secondary N) is 2. The van der Waals surface area contributed by atoms with Gasteiger partial charge in [-0.25, -0.2) is 9.78 Å². The molecule has 1 saturated heterocycles. The first-order valence-corrected chi connectivity index (χ1v) is 10.9. The van der Waals surface area contributed by atoms with Crippen molar-refractivity contribution in [3.63, 3.8) is 0 Å². The van der Waals surface area contributed by atoms with Gasteiger partial charge in [0.15, 0.2) is 5.96 Å². The number of ether oxygens (including phenoxy) is 1. The van der Waals surface area contributed by atoms with Gasteiger partial charge in [0.2, 0.25) is 0 Å². The fourth-order valence-electron chi connectivity index (χ4n) is 3.25. The van der Waals surface area contributed by atoms with Gasteiger partial charge in [0.25, 0.3) is 0 Å². The molecule has 0 amide bonds. The Kier molecular flexibility index (Phi) is 11.5. The first-order valence-electron chi connectivity index (χ1n) is 10.1. The summed E-state index contributed by atoms with van der Waals surface area (Å²) >= 11 is 1.28. The first-order chi connectivity index (χ1) is 14.1. The third-order valence-corrected chi connectivity index (χ3v) is 5.94. The summed E-state index contributed by atoms with van der Waals surface area (Å²) in [6.45, 7) is 8.75. The van der Waals surface area contributed by atoms with Gasteiger partial charge < -0.3 is 15.4 Å². The van der Waals surface area contributed by atoms with Gasteiger partial charge in [0.1, 0.15) is 9.88 Å². The number of alkyl halides is 3. The van der Waals surface area contributed by atoms with Crippen molar-refractivity contribution in [2.45, 2.75) is 46.3 Å². The number of aryl methyl sites for hydroxylation is 1. The number of esters is 1. The van der Waals surface area contributed by atoms with Gasteiger partial charge in [-0.2, -0.15) is 13.2 Å². The molecule has 2 N–H and O–H groups in total. The maximum Gasteiger partial charge on any atom is 0.401 e. The van der Waals surface area contributed by atoms with Crippen LogP contribution in [0.4, 0.5) is 13.2 Å². The van der Waals surface area contributed by atoms with E-state index in [4.69, 9.17) is 4.74 Å². The maximum absolute atomic E-state index is 12.6. The molecular weight excluding hydrogens is 546 g/mol. The number of guanidine groups is 1. The van der Waals surface area contributed by atoms with E-state index in [9.17, 15) is 18.0 Å². The lowest BCUT2D eigenvalue weighted by atomic mass is 10.1. The van der Waals surface area contributed by atoms with Crippen LogP contribution in [-0.2, 0) is 4.74 Å². The monoisotopic (exact) mass is 577 g/mol. The number of thiazole rings is 1. The molecule has 0 radical (unpaired) electrons. The Bertz CT molecular complexity index is 745. The van der Waals surface area contributed by atoms with Gasteiger partial charge in [-0.15, -0.1) is 35.3 Å². The van der Waals surface area contributed by atoms with Gasteiger partial charge in [-0.3, -0.25) is 9.89 Å². The van der Waals surface area contributed by atoms with Crippen LogP contribution in [0.1, 0.15) is 53.6 Å². The minimum Gasteiger partial charge on any atom is -0.462 e. The number of carbonyl (C=O) groups excluding carboxylic acids is 1. The molecule has 178 valence electrons. The van der Waals surface area contributed by atoms with Crippen molar-refractivity contribution in [1.82, 2.24) is 20.5 Å². The SMILES string of the molecule is CCNC(=NCC1CCN(CC(F)(F)F)C1)NC(C)c1nc(C)c(C(=O)OCC)s1.I. The second-order valence-corrected chi connectivity index (χ2v) is 8.31. The normalized spacial score (nSPS) is 18.4. The Labute approximate surface area is 202 Å². The lowest BCUT2D eigenvalue weighted by Crippen LogP contribution is -2.39. The zero-order valence-corrected chi connectivity index (χ0v) is 21.4. The van der Waals surface area contributed by atoms with E-state index < -0.39 is 12.7 Å². The van der Waals surface area contributed by atoms with Crippen LogP contribution in [0.5, 0.6) is 0 Å². The van der Waals surface area contributed by atoms with Crippen LogP contribution in [-0.4, -0.2) is 67.3 Å². The highest BCUT2D eigenvalue weighted by atomic mass is 127. The lowest BCUT2D eigenvalue weighted by Gasteiger charge is -2.18. The number of aliphatic imine (C=N–C) groups is 1. The number of nitrogens with zero attached hydrogens (tertiary/aromatic N) is 3. The highest BCUT2D eigenvalue weighted by Crippen LogP contribution is 2.25. The number of likely N-dealkylation sites (tertiary alicyclic amines) is 1.